The van der Waals surface area contributed by atoms with Crippen LogP contribution in [0.5, 0.6) is 0 Å². The Labute approximate surface area is 146 Å². The number of aryl methyl sites for hydroxylation is 1. The van der Waals surface area contributed by atoms with E-state index in [1.807, 2.05) is 30.3 Å². The molecule has 0 saturated carbocycles. The molecule has 0 aliphatic rings. The third-order valence-electron chi connectivity index (χ3n) is 3.48. The predicted molar refractivity (Wildman–Crippen MR) is 96.5 cm³/mol. The van der Waals surface area contributed by atoms with E-state index in [0.717, 1.165) is 5.56 Å². The van der Waals surface area contributed by atoms with Gasteiger partial charge in [-0.1, -0.05) is 30.3 Å². The molecule has 24 heavy (non-hydrogen) atoms. The minimum atomic E-state index is -3.72. The Bertz CT molecular complexity index is 576. The molecule has 0 saturated heterocycles. The van der Waals surface area contributed by atoms with E-state index in [4.69, 9.17) is 5.11 Å². The van der Waals surface area contributed by atoms with Gasteiger partial charge in [-0.15, -0.1) is 4.72 Å². The standard InChI is InChI=1S/C16H26NO5PS/c1-16(2,3)24(22)17-14(9-10-15(18)19)23(20,21)12-11-13-7-5-4-6-8-13/h4-8,14,17H,9-12H2,1-3H3,(H,18,19)(H,20,21)/t14?,24-/m0/s1. The molecule has 0 spiro atoms. The molecule has 3 atom stereocenters. The molecule has 1 aromatic carbocycles. The second-order valence-corrected chi connectivity index (χ2v) is 11.2. The Morgan fingerprint density at radius 3 is 2.42 bits per heavy atom. The van der Waals surface area contributed by atoms with Crippen molar-refractivity contribution in [2.75, 3.05) is 6.16 Å². The molecule has 0 aliphatic carbocycles. The van der Waals surface area contributed by atoms with E-state index in [2.05, 4.69) is 4.72 Å². The fourth-order valence-corrected chi connectivity index (χ4v) is 5.08. The highest BCUT2D eigenvalue weighted by Gasteiger charge is 2.38. The van der Waals surface area contributed by atoms with Gasteiger partial charge in [-0.05, 0) is 39.2 Å². The number of hydrogen-bond donors (Lipinski definition) is 3. The van der Waals surface area contributed by atoms with Crippen LogP contribution in [0, 0.1) is 0 Å². The maximum Gasteiger partial charge on any atom is 0.303 e. The van der Waals surface area contributed by atoms with Crippen molar-refractivity contribution in [1.29, 1.82) is 0 Å². The van der Waals surface area contributed by atoms with Crippen molar-refractivity contribution in [3.05, 3.63) is 35.9 Å². The fourth-order valence-electron chi connectivity index (χ4n) is 1.99. The molecule has 2 unspecified atom stereocenters. The summed E-state index contributed by atoms with van der Waals surface area (Å²) in [5.41, 5.74) is 0.931. The zero-order valence-electron chi connectivity index (χ0n) is 14.3. The zero-order valence-corrected chi connectivity index (χ0v) is 16.0. The minimum absolute atomic E-state index is 0.00957. The topological polar surface area (TPSA) is 110 Å². The third kappa shape index (κ3) is 7.36. The largest absolute Gasteiger partial charge is 0.598 e. The van der Waals surface area contributed by atoms with Crippen LogP contribution in [0.3, 0.4) is 0 Å². The molecular formula is C16H26NO5PS. The highest BCUT2D eigenvalue weighted by atomic mass is 32.2. The van der Waals surface area contributed by atoms with Gasteiger partial charge in [0.1, 0.15) is 10.5 Å². The summed E-state index contributed by atoms with van der Waals surface area (Å²) in [6, 6.07) is 9.31. The van der Waals surface area contributed by atoms with Crippen LogP contribution in [0.15, 0.2) is 30.3 Å². The Morgan fingerprint density at radius 1 is 1.33 bits per heavy atom. The Balaban J connectivity index is 2.81. The first-order chi connectivity index (χ1) is 11.0. The van der Waals surface area contributed by atoms with Crippen molar-refractivity contribution in [3.8, 4) is 0 Å². The molecule has 3 N–H and O–H groups in total. The second-order valence-electron chi connectivity index (χ2n) is 6.66. The van der Waals surface area contributed by atoms with Crippen LogP contribution in [-0.4, -0.2) is 37.2 Å². The van der Waals surface area contributed by atoms with Gasteiger partial charge in [-0.3, -0.25) is 9.36 Å². The fraction of sp³-hybridized carbons (Fsp3) is 0.562. The number of carbonyl (C=O) groups is 1. The quantitative estimate of drug-likeness (QED) is 0.452. The van der Waals surface area contributed by atoms with E-state index in [-0.39, 0.29) is 19.0 Å². The Kier molecular flexibility index (Phi) is 7.96. The summed E-state index contributed by atoms with van der Waals surface area (Å²) in [5, 5.41) is 8.86. The third-order valence-corrected chi connectivity index (χ3v) is 7.49. The second kappa shape index (κ2) is 9.02. The summed E-state index contributed by atoms with van der Waals surface area (Å²) < 4.78 is 27.1. The lowest BCUT2D eigenvalue weighted by Gasteiger charge is -2.30. The molecule has 0 heterocycles. The maximum absolute atomic E-state index is 12.7. The average Bonchev–Trinajstić information content (AvgIpc) is 2.49. The number of aliphatic carboxylic acids is 1. The molecule has 1 aromatic rings. The van der Waals surface area contributed by atoms with Crippen LogP contribution in [0.2, 0.25) is 0 Å². The van der Waals surface area contributed by atoms with Crippen molar-refractivity contribution in [1.82, 2.24) is 4.72 Å². The molecule has 1 rings (SSSR count). The van der Waals surface area contributed by atoms with E-state index >= 15 is 0 Å². The van der Waals surface area contributed by atoms with Crippen LogP contribution < -0.4 is 4.72 Å². The van der Waals surface area contributed by atoms with Gasteiger partial charge >= 0.3 is 5.97 Å². The highest BCUT2D eigenvalue weighted by Crippen LogP contribution is 2.48. The molecule has 8 heteroatoms. The van der Waals surface area contributed by atoms with Crippen molar-refractivity contribution < 1.29 is 23.9 Å². The predicted octanol–water partition coefficient (Wildman–Crippen LogP) is 2.74. The van der Waals surface area contributed by atoms with Crippen LogP contribution >= 0.6 is 7.37 Å². The zero-order chi connectivity index (χ0) is 18.4. The van der Waals surface area contributed by atoms with E-state index in [1.165, 1.54) is 0 Å². The summed E-state index contributed by atoms with van der Waals surface area (Å²) in [7, 11) is -3.72. The van der Waals surface area contributed by atoms with Crippen molar-refractivity contribution >= 4 is 24.7 Å². The van der Waals surface area contributed by atoms with E-state index in [0.29, 0.717) is 6.42 Å². The van der Waals surface area contributed by atoms with Crippen LogP contribution in [0.4, 0.5) is 0 Å². The molecule has 0 aliphatic heterocycles. The van der Waals surface area contributed by atoms with Crippen molar-refractivity contribution in [2.45, 2.75) is 50.6 Å². The van der Waals surface area contributed by atoms with Crippen molar-refractivity contribution in [3.63, 3.8) is 0 Å². The maximum atomic E-state index is 12.7. The molecule has 6 nitrogen and oxygen atoms in total. The van der Waals surface area contributed by atoms with Gasteiger partial charge < -0.3 is 14.6 Å². The highest BCUT2D eigenvalue weighted by molar-refractivity contribution is 7.91. The number of benzene rings is 1. The smallest absolute Gasteiger partial charge is 0.303 e. The average molecular weight is 375 g/mol. The van der Waals surface area contributed by atoms with E-state index in [1.54, 1.807) is 20.8 Å². The lowest BCUT2D eigenvalue weighted by Crippen LogP contribution is -2.45. The van der Waals surface area contributed by atoms with Gasteiger partial charge in [0.15, 0.2) is 0 Å². The van der Waals surface area contributed by atoms with Crippen molar-refractivity contribution in [2.24, 2.45) is 0 Å². The van der Waals surface area contributed by atoms with Gasteiger partial charge in [-0.25, -0.2) is 0 Å². The summed E-state index contributed by atoms with van der Waals surface area (Å²) in [6.07, 6.45) is 0.117. The van der Waals surface area contributed by atoms with Crippen LogP contribution in [0.25, 0.3) is 0 Å². The molecule has 136 valence electrons. The van der Waals surface area contributed by atoms with Crippen LogP contribution in [0.1, 0.15) is 39.2 Å². The first-order valence-electron chi connectivity index (χ1n) is 7.77. The monoisotopic (exact) mass is 375 g/mol. The summed E-state index contributed by atoms with van der Waals surface area (Å²) in [6.45, 7) is 5.24. The molecular weight excluding hydrogens is 349 g/mol. The van der Waals surface area contributed by atoms with Gasteiger partial charge in [-0.2, -0.15) is 0 Å². The first-order valence-corrected chi connectivity index (χ1v) is 10.8. The lowest BCUT2D eigenvalue weighted by atomic mass is 10.2. The van der Waals surface area contributed by atoms with Gasteiger partial charge in [0, 0.05) is 23.9 Å². The number of carboxylic acid groups (broad SMARTS) is 1. The number of rotatable bonds is 9. The Hall–Kier alpha value is -0.850. The molecule has 0 amide bonds. The lowest BCUT2D eigenvalue weighted by molar-refractivity contribution is -0.137. The summed E-state index contributed by atoms with van der Waals surface area (Å²) >= 11 is -1.55. The number of nitrogens with one attached hydrogen (secondary N) is 1. The molecule has 0 bridgehead atoms. The van der Waals surface area contributed by atoms with Gasteiger partial charge in [0.05, 0.1) is 0 Å². The molecule has 0 aromatic heterocycles. The van der Waals surface area contributed by atoms with Gasteiger partial charge in [0.2, 0.25) is 7.37 Å². The van der Waals surface area contributed by atoms with Crippen LogP contribution in [-0.2, 0) is 27.1 Å². The number of carboxylic acids is 1. The Morgan fingerprint density at radius 2 is 1.92 bits per heavy atom. The van der Waals surface area contributed by atoms with Gasteiger partial charge in [0.25, 0.3) is 0 Å². The first kappa shape index (κ1) is 21.2. The number of hydrogen-bond acceptors (Lipinski definition) is 4. The normalized spacial score (nSPS) is 17.0. The summed E-state index contributed by atoms with van der Waals surface area (Å²) in [4.78, 5) is 21.2. The summed E-state index contributed by atoms with van der Waals surface area (Å²) in [5.74, 6) is -2.05. The van der Waals surface area contributed by atoms with E-state index < -0.39 is 35.2 Å². The molecule has 0 fully saturated rings. The van der Waals surface area contributed by atoms with E-state index in [9.17, 15) is 18.8 Å². The molecule has 0 radical (unpaired) electrons. The SMILES string of the molecule is CC(C)(C)[S@+]([O-])NC(CCC(=O)O)P(=O)(O)CCc1ccccc1. The minimum Gasteiger partial charge on any atom is -0.598 e.